The molecule has 3 N–H and O–H groups in total. The van der Waals surface area contributed by atoms with Crippen LogP contribution in [0.3, 0.4) is 0 Å². The van der Waals surface area contributed by atoms with Crippen LogP contribution in [0, 0.1) is 0 Å². The highest BCUT2D eigenvalue weighted by molar-refractivity contribution is 6.39. The minimum atomic E-state index is -0.329. The molecule has 0 aliphatic carbocycles. The summed E-state index contributed by atoms with van der Waals surface area (Å²) in [6.45, 7) is 2.37. The molecule has 0 fully saturated rings. The molecule has 7 nitrogen and oxygen atoms in total. The molecule has 0 aliphatic heterocycles. The average Bonchev–Trinajstić information content (AvgIpc) is 2.70. The monoisotopic (exact) mass is 436 g/mol. The number of benzene rings is 2. The van der Waals surface area contributed by atoms with Crippen molar-refractivity contribution in [3.8, 4) is 0 Å². The van der Waals surface area contributed by atoms with E-state index in [1.165, 1.54) is 0 Å². The SMILES string of the molecule is CCN(CC(=O)Nc1ccc(C(=O)NC)cc1)CC(=O)Nc1c(Cl)cccc1Cl. The predicted molar refractivity (Wildman–Crippen MR) is 116 cm³/mol. The molecule has 0 unspecified atom stereocenters. The van der Waals surface area contributed by atoms with Gasteiger partial charge >= 0.3 is 0 Å². The van der Waals surface area contributed by atoms with E-state index in [0.29, 0.717) is 33.5 Å². The van der Waals surface area contributed by atoms with E-state index in [2.05, 4.69) is 16.0 Å². The quantitative estimate of drug-likeness (QED) is 0.592. The van der Waals surface area contributed by atoms with Crippen molar-refractivity contribution < 1.29 is 14.4 Å². The van der Waals surface area contributed by atoms with Crippen molar-refractivity contribution >= 4 is 52.3 Å². The number of rotatable bonds is 8. The normalized spacial score (nSPS) is 10.5. The van der Waals surface area contributed by atoms with Crippen LogP contribution in [-0.2, 0) is 9.59 Å². The van der Waals surface area contributed by atoms with Gasteiger partial charge in [0.25, 0.3) is 5.91 Å². The molecule has 154 valence electrons. The number of amides is 3. The zero-order valence-corrected chi connectivity index (χ0v) is 17.6. The smallest absolute Gasteiger partial charge is 0.251 e. The first-order valence-corrected chi connectivity index (χ1v) is 9.67. The second kappa shape index (κ2) is 10.8. The molecule has 0 aromatic heterocycles. The molecule has 9 heteroatoms. The number of hydrogen-bond donors (Lipinski definition) is 3. The van der Waals surface area contributed by atoms with E-state index in [-0.39, 0.29) is 30.8 Å². The van der Waals surface area contributed by atoms with Gasteiger partial charge in [0.2, 0.25) is 11.8 Å². The Morgan fingerprint density at radius 2 is 1.45 bits per heavy atom. The number of anilines is 2. The van der Waals surface area contributed by atoms with Crippen LogP contribution in [0.15, 0.2) is 42.5 Å². The van der Waals surface area contributed by atoms with Crippen molar-refractivity contribution in [2.75, 3.05) is 37.3 Å². The molecule has 29 heavy (non-hydrogen) atoms. The zero-order valence-electron chi connectivity index (χ0n) is 16.1. The first kappa shape index (κ1) is 22.7. The van der Waals surface area contributed by atoms with Crippen molar-refractivity contribution in [1.82, 2.24) is 10.2 Å². The van der Waals surface area contributed by atoms with E-state index in [1.807, 2.05) is 6.92 Å². The summed E-state index contributed by atoms with van der Waals surface area (Å²) >= 11 is 12.1. The molecule has 0 saturated carbocycles. The van der Waals surface area contributed by atoms with Gasteiger partial charge < -0.3 is 16.0 Å². The number of nitrogens with zero attached hydrogens (tertiary/aromatic N) is 1. The van der Waals surface area contributed by atoms with E-state index in [9.17, 15) is 14.4 Å². The summed E-state index contributed by atoms with van der Waals surface area (Å²) in [7, 11) is 1.55. The van der Waals surface area contributed by atoms with Crippen LogP contribution < -0.4 is 16.0 Å². The van der Waals surface area contributed by atoms with Gasteiger partial charge in [-0.1, -0.05) is 36.2 Å². The summed E-state index contributed by atoms with van der Waals surface area (Å²) in [6, 6.07) is 11.5. The Labute approximate surface area is 179 Å². The molecule has 0 bridgehead atoms. The van der Waals surface area contributed by atoms with E-state index >= 15 is 0 Å². The van der Waals surface area contributed by atoms with Gasteiger partial charge in [-0.2, -0.15) is 0 Å². The maximum atomic E-state index is 12.3. The lowest BCUT2D eigenvalue weighted by Crippen LogP contribution is -2.38. The van der Waals surface area contributed by atoms with Gasteiger partial charge in [-0.25, -0.2) is 0 Å². The predicted octanol–water partition coefficient (Wildman–Crippen LogP) is 3.25. The molecular formula is C20H22Cl2N4O3. The van der Waals surface area contributed by atoms with Gasteiger partial charge in [-0.15, -0.1) is 0 Å². The number of para-hydroxylation sites is 1. The number of likely N-dealkylation sites (N-methyl/N-ethyl adjacent to an activating group) is 1. The Balaban J connectivity index is 1.90. The summed E-state index contributed by atoms with van der Waals surface area (Å²) in [6.07, 6.45) is 0. The van der Waals surface area contributed by atoms with E-state index in [1.54, 1.807) is 54.4 Å². The van der Waals surface area contributed by atoms with Crippen molar-refractivity contribution in [2.24, 2.45) is 0 Å². The molecular weight excluding hydrogens is 415 g/mol. The summed E-state index contributed by atoms with van der Waals surface area (Å²) in [5.74, 6) is -0.808. The van der Waals surface area contributed by atoms with Gasteiger partial charge in [0.05, 0.1) is 28.8 Å². The van der Waals surface area contributed by atoms with Crippen LogP contribution in [0.4, 0.5) is 11.4 Å². The Kier molecular flexibility index (Phi) is 8.45. The number of carbonyl (C=O) groups is 3. The van der Waals surface area contributed by atoms with E-state index in [4.69, 9.17) is 23.2 Å². The third-order valence-corrected chi connectivity index (χ3v) is 4.70. The highest BCUT2D eigenvalue weighted by Gasteiger charge is 2.16. The summed E-state index contributed by atoms with van der Waals surface area (Å²) in [4.78, 5) is 37.8. The van der Waals surface area contributed by atoms with Crippen molar-refractivity contribution in [3.05, 3.63) is 58.1 Å². The largest absolute Gasteiger partial charge is 0.355 e. The number of hydrogen-bond acceptors (Lipinski definition) is 4. The third kappa shape index (κ3) is 6.74. The Bertz CT molecular complexity index is 868. The molecule has 0 saturated heterocycles. The number of nitrogens with one attached hydrogen (secondary N) is 3. The highest BCUT2D eigenvalue weighted by atomic mass is 35.5. The molecule has 0 radical (unpaired) electrons. The zero-order chi connectivity index (χ0) is 21.4. The van der Waals surface area contributed by atoms with E-state index in [0.717, 1.165) is 0 Å². The van der Waals surface area contributed by atoms with Crippen LogP contribution in [0.5, 0.6) is 0 Å². The fraction of sp³-hybridized carbons (Fsp3) is 0.250. The number of halogens is 2. The molecule has 0 spiro atoms. The Morgan fingerprint density at radius 1 is 0.897 bits per heavy atom. The van der Waals surface area contributed by atoms with Crippen molar-refractivity contribution in [2.45, 2.75) is 6.92 Å². The third-order valence-electron chi connectivity index (χ3n) is 4.07. The van der Waals surface area contributed by atoms with Crippen LogP contribution in [0.2, 0.25) is 10.0 Å². The maximum absolute atomic E-state index is 12.3. The molecule has 2 aromatic rings. The van der Waals surface area contributed by atoms with Gasteiger partial charge in [-0.05, 0) is 42.9 Å². The molecule has 0 aliphatic rings. The minimum Gasteiger partial charge on any atom is -0.355 e. The second-order valence-corrected chi connectivity index (χ2v) is 6.97. The molecule has 2 rings (SSSR count). The molecule has 0 heterocycles. The van der Waals surface area contributed by atoms with Crippen LogP contribution >= 0.6 is 23.2 Å². The Hall–Kier alpha value is -2.61. The van der Waals surface area contributed by atoms with Gasteiger partial charge in [0.15, 0.2) is 0 Å². The lowest BCUT2D eigenvalue weighted by atomic mass is 10.2. The summed E-state index contributed by atoms with van der Waals surface area (Å²) in [5, 5.41) is 8.63. The minimum absolute atomic E-state index is 0.00107. The number of carbonyl (C=O) groups excluding carboxylic acids is 3. The topological polar surface area (TPSA) is 90.5 Å². The van der Waals surface area contributed by atoms with Crippen molar-refractivity contribution in [1.29, 1.82) is 0 Å². The van der Waals surface area contributed by atoms with Crippen molar-refractivity contribution in [3.63, 3.8) is 0 Å². The van der Waals surface area contributed by atoms with Crippen LogP contribution in [0.25, 0.3) is 0 Å². The lowest BCUT2D eigenvalue weighted by molar-refractivity contribution is -0.119. The van der Waals surface area contributed by atoms with Gasteiger partial charge in [-0.3, -0.25) is 19.3 Å². The Morgan fingerprint density at radius 3 is 1.97 bits per heavy atom. The van der Waals surface area contributed by atoms with Crippen LogP contribution in [-0.4, -0.2) is 49.3 Å². The summed E-state index contributed by atoms with van der Waals surface area (Å²) in [5.41, 5.74) is 1.40. The van der Waals surface area contributed by atoms with E-state index < -0.39 is 0 Å². The van der Waals surface area contributed by atoms with Gasteiger partial charge in [0, 0.05) is 18.3 Å². The standard InChI is InChI=1S/C20H22Cl2N4O3/c1-3-26(12-18(28)25-19-15(21)5-4-6-16(19)22)11-17(27)24-14-9-7-13(8-10-14)20(29)23-2/h4-10H,3,11-12H2,1-2H3,(H,23,29)(H,24,27)(H,25,28). The lowest BCUT2D eigenvalue weighted by Gasteiger charge is -2.20. The first-order chi connectivity index (χ1) is 13.8. The summed E-state index contributed by atoms with van der Waals surface area (Å²) < 4.78 is 0. The molecule has 3 amide bonds. The molecule has 2 aromatic carbocycles. The highest BCUT2D eigenvalue weighted by Crippen LogP contribution is 2.29. The first-order valence-electron chi connectivity index (χ1n) is 8.92. The fourth-order valence-electron chi connectivity index (χ4n) is 2.53. The maximum Gasteiger partial charge on any atom is 0.251 e. The second-order valence-electron chi connectivity index (χ2n) is 6.15. The average molecular weight is 437 g/mol. The van der Waals surface area contributed by atoms with Gasteiger partial charge in [0.1, 0.15) is 0 Å². The van der Waals surface area contributed by atoms with Crippen LogP contribution in [0.1, 0.15) is 17.3 Å². The fourth-order valence-corrected chi connectivity index (χ4v) is 3.02. The molecule has 0 atom stereocenters.